The fraction of sp³-hybridized carbons (Fsp3) is 0.900. The zero-order chi connectivity index (χ0) is 9.23. The van der Waals surface area contributed by atoms with Gasteiger partial charge in [-0.1, -0.05) is 45.4 Å². The Labute approximate surface area is 133 Å². The van der Waals surface area contributed by atoms with Gasteiger partial charge in [0.1, 0.15) is 0 Å². The van der Waals surface area contributed by atoms with Gasteiger partial charge in [-0.05, 0) is 12.8 Å². The van der Waals surface area contributed by atoms with E-state index in [1.54, 1.807) is 0 Å². The van der Waals surface area contributed by atoms with E-state index in [1.165, 1.54) is 32.1 Å². The minimum atomic E-state index is -0.913. The van der Waals surface area contributed by atoms with Gasteiger partial charge in [-0.25, -0.2) is 0 Å². The number of carbonyl (C=O) groups is 1. The second kappa shape index (κ2) is 20.7. The van der Waals surface area contributed by atoms with Crippen molar-refractivity contribution < 1.29 is 43.9 Å². The second-order valence-electron chi connectivity index (χ2n) is 3.24. The first-order chi connectivity index (χ1) is 5.77. The summed E-state index contributed by atoms with van der Waals surface area (Å²) in [7, 11) is 0. The summed E-state index contributed by atoms with van der Waals surface area (Å²) in [4.78, 5) is 10.0. The summed E-state index contributed by atoms with van der Waals surface area (Å²) < 4.78 is 0. The number of aliphatic carboxylic acids is 1. The number of carboxylic acids is 1. The number of unbranched alkanes of at least 4 members (excludes halogenated alkanes) is 6. The maximum absolute atomic E-state index is 10.0. The van der Waals surface area contributed by atoms with Crippen molar-refractivity contribution in [1.29, 1.82) is 0 Å². The molecule has 0 aliphatic rings. The zero-order valence-electron chi connectivity index (χ0n) is 9.31. The minimum absolute atomic E-state index is 0. The summed E-state index contributed by atoms with van der Waals surface area (Å²) in [5.41, 5.74) is 0. The van der Waals surface area contributed by atoms with Gasteiger partial charge in [0.15, 0.2) is 0 Å². The van der Waals surface area contributed by atoms with Crippen LogP contribution in [0.15, 0.2) is 0 Å². The molecule has 2 nitrogen and oxygen atoms in total. The molecule has 15 heavy (non-hydrogen) atoms. The quantitative estimate of drug-likeness (QED) is 0.353. The van der Waals surface area contributed by atoms with Crippen LogP contribution in [-0.2, 0) is 4.79 Å². The summed E-state index contributed by atoms with van der Waals surface area (Å²) in [6.45, 7) is 2.19. The second-order valence-corrected chi connectivity index (χ2v) is 3.24. The average Bonchev–Trinajstić information content (AvgIpc) is 2.02. The summed E-state index contributed by atoms with van der Waals surface area (Å²) >= 11 is 0. The predicted molar refractivity (Wildman–Crippen MR) is 53.4 cm³/mol. The van der Waals surface area contributed by atoms with Gasteiger partial charge in [-0.2, -0.15) is 0 Å². The fourth-order valence-electron chi connectivity index (χ4n) is 1.23. The molecule has 0 saturated heterocycles. The molecule has 0 saturated carbocycles. The van der Waals surface area contributed by atoms with Gasteiger partial charge < -0.3 is 43.9 Å². The fourth-order valence-corrected chi connectivity index (χ4v) is 1.23. The van der Waals surface area contributed by atoms with E-state index in [4.69, 9.17) is 0 Å². The van der Waals surface area contributed by atoms with Gasteiger partial charge >= 0.3 is 25.8 Å². The molecule has 0 heterocycles. The first-order valence-corrected chi connectivity index (χ1v) is 4.97. The molecule has 0 aliphatic carbocycles. The smallest absolute Gasteiger partial charge is 1.00 e. The number of hydrogen-bond donors (Lipinski definition) is 0. The van der Waals surface area contributed by atoms with Crippen LogP contribution in [0.2, 0.25) is 0 Å². The molecule has 88 valence electrons. The van der Waals surface area contributed by atoms with Crippen molar-refractivity contribution in [1.82, 2.24) is 0 Å². The van der Waals surface area contributed by atoms with Crippen LogP contribution in [0, 0.1) is 0 Å². The Morgan fingerprint density at radius 2 is 1.33 bits per heavy atom. The molecule has 0 amide bonds. The van der Waals surface area contributed by atoms with Crippen molar-refractivity contribution in [3.63, 3.8) is 0 Å². The Morgan fingerprint density at radius 3 is 1.73 bits per heavy atom. The zero-order valence-corrected chi connectivity index (χ0v) is 15.8. The van der Waals surface area contributed by atoms with Gasteiger partial charge in [0, 0.05) is 5.97 Å². The molecular formula is C10H19Br2InO2. The summed E-state index contributed by atoms with van der Waals surface area (Å²) in [6, 6.07) is 0. The largest absolute Gasteiger partial charge is 3.00 e. The van der Waals surface area contributed by atoms with Crippen LogP contribution in [0.1, 0.15) is 58.3 Å². The first-order valence-electron chi connectivity index (χ1n) is 4.97. The van der Waals surface area contributed by atoms with Crippen LogP contribution < -0.4 is 39.1 Å². The molecule has 5 heteroatoms. The van der Waals surface area contributed by atoms with Crippen molar-refractivity contribution >= 4 is 31.8 Å². The van der Waals surface area contributed by atoms with Gasteiger partial charge in [-0.3, -0.25) is 0 Å². The predicted octanol–water partition coefficient (Wildman–Crippen LogP) is -4.50. The van der Waals surface area contributed by atoms with Crippen molar-refractivity contribution in [2.75, 3.05) is 0 Å². The van der Waals surface area contributed by atoms with E-state index in [0.29, 0.717) is 0 Å². The topological polar surface area (TPSA) is 40.1 Å². The van der Waals surface area contributed by atoms with E-state index in [9.17, 15) is 9.90 Å². The van der Waals surface area contributed by atoms with Crippen molar-refractivity contribution in [3.05, 3.63) is 0 Å². The molecule has 0 aliphatic heterocycles. The normalized spacial score (nSPS) is 8.07. The SMILES string of the molecule is CCCCCCCCCC(=O)[O-].[Br-].[Br-].[In+3]. The van der Waals surface area contributed by atoms with Crippen LogP contribution in [0.5, 0.6) is 0 Å². The molecular weight excluding hydrogens is 427 g/mol. The van der Waals surface area contributed by atoms with Gasteiger partial charge in [0.25, 0.3) is 0 Å². The minimum Gasteiger partial charge on any atom is -1.00 e. The Hall–Kier alpha value is 1.30. The number of carboxylic acid groups (broad SMARTS) is 1. The van der Waals surface area contributed by atoms with Crippen molar-refractivity contribution in [3.8, 4) is 0 Å². The van der Waals surface area contributed by atoms with Crippen LogP contribution in [0.4, 0.5) is 0 Å². The molecule has 0 unspecified atom stereocenters. The Kier molecular flexibility index (Phi) is 34.8. The van der Waals surface area contributed by atoms with Gasteiger partial charge in [0.05, 0.1) is 0 Å². The summed E-state index contributed by atoms with van der Waals surface area (Å²) in [5, 5.41) is 10.0. The van der Waals surface area contributed by atoms with E-state index in [1.807, 2.05) is 0 Å². The summed E-state index contributed by atoms with van der Waals surface area (Å²) in [5.74, 6) is -0.913. The first kappa shape index (κ1) is 25.2. The number of hydrogen-bond acceptors (Lipinski definition) is 2. The number of halogens is 2. The van der Waals surface area contributed by atoms with Gasteiger partial charge in [0.2, 0.25) is 0 Å². The molecule has 0 atom stereocenters. The van der Waals surface area contributed by atoms with Gasteiger partial charge in [-0.15, -0.1) is 0 Å². The van der Waals surface area contributed by atoms with Crippen molar-refractivity contribution in [2.24, 2.45) is 0 Å². The maximum atomic E-state index is 10.0. The number of carbonyl (C=O) groups excluding carboxylic acids is 1. The standard InChI is InChI=1S/C10H20O2.2BrH.In/c1-2-3-4-5-6-7-8-9-10(11)12;;;/h2-9H2,1H3,(H,11,12);2*1H;/q;;;+3/p-3. The maximum Gasteiger partial charge on any atom is 3.00 e. The molecule has 0 aromatic heterocycles. The Bertz CT molecular complexity index is 124. The Balaban J connectivity index is -0.000000202. The third-order valence-corrected chi connectivity index (χ3v) is 1.98. The molecule has 0 bridgehead atoms. The Morgan fingerprint density at radius 1 is 0.933 bits per heavy atom. The van der Waals surface area contributed by atoms with Crippen LogP contribution in [0.3, 0.4) is 0 Å². The van der Waals surface area contributed by atoms with Crippen LogP contribution in [0.25, 0.3) is 0 Å². The molecule has 0 radical (unpaired) electrons. The van der Waals surface area contributed by atoms with E-state index >= 15 is 0 Å². The summed E-state index contributed by atoms with van der Waals surface area (Å²) in [6.07, 6.45) is 8.34. The van der Waals surface area contributed by atoms with Crippen LogP contribution in [-0.4, -0.2) is 31.8 Å². The third kappa shape index (κ3) is 25.5. The number of rotatable bonds is 8. The van der Waals surface area contributed by atoms with E-state index in [2.05, 4.69) is 6.92 Å². The van der Waals surface area contributed by atoms with E-state index in [-0.39, 0.29) is 66.2 Å². The molecule has 0 N–H and O–H groups in total. The molecule has 0 aromatic carbocycles. The monoisotopic (exact) mass is 444 g/mol. The molecule has 0 aromatic rings. The van der Waals surface area contributed by atoms with E-state index in [0.717, 1.165) is 12.8 Å². The van der Waals surface area contributed by atoms with Crippen molar-refractivity contribution in [2.45, 2.75) is 58.3 Å². The van der Waals surface area contributed by atoms with E-state index < -0.39 is 5.97 Å². The average molecular weight is 446 g/mol. The molecule has 0 fully saturated rings. The molecule has 0 spiro atoms. The van der Waals surface area contributed by atoms with Crippen LogP contribution >= 0.6 is 0 Å². The third-order valence-electron chi connectivity index (χ3n) is 1.98. The molecule has 0 rings (SSSR count).